The molecule has 35 heavy (non-hydrogen) atoms. The monoisotopic (exact) mass is 469 g/mol. The number of piperidine rings is 1. The van der Waals surface area contributed by atoms with Gasteiger partial charge in [0.05, 0.1) is 22.8 Å². The number of likely N-dealkylation sites (tertiary alicyclic amines) is 1. The molecule has 1 fully saturated rings. The van der Waals surface area contributed by atoms with E-state index in [2.05, 4.69) is 26.5 Å². The summed E-state index contributed by atoms with van der Waals surface area (Å²) in [7, 11) is 0. The first-order valence-electron chi connectivity index (χ1n) is 11.7. The van der Waals surface area contributed by atoms with Crippen molar-refractivity contribution in [3.63, 3.8) is 0 Å². The highest BCUT2D eigenvalue weighted by Gasteiger charge is 2.29. The van der Waals surface area contributed by atoms with E-state index in [1.807, 2.05) is 51.1 Å². The van der Waals surface area contributed by atoms with Crippen LogP contribution >= 0.6 is 0 Å². The van der Waals surface area contributed by atoms with Gasteiger partial charge in [0.25, 0.3) is 0 Å². The highest BCUT2D eigenvalue weighted by Crippen LogP contribution is 2.31. The third kappa shape index (κ3) is 4.73. The number of fused-ring (bicyclic) bond motifs is 1. The van der Waals surface area contributed by atoms with Crippen LogP contribution in [0.1, 0.15) is 50.9 Å². The Morgan fingerprint density at radius 2 is 1.77 bits per heavy atom. The molecule has 1 aliphatic rings. The predicted molar refractivity (Wildman–Crippen MR) is 131 cm³/mol. The van der Waals surface area contributed by atoms with Gasteiger partial charge in [-0.2, -0.15) is 15.5 Å². The number of rotatable bonds is 3. The number of H-pyrrole nitrogens is 2. The number of aromatic nitrogens is 5. The normalized spacial score (nSPS) is 14.7. The fraction of sp³-hybridized carbons (Fsp3) is 0.346. The summed E-state index contributed by atoms with van der Waals surface area (Å²) in [5.74, 6) is 1.67. The Balaban J connectivity index is 1.32. The van der Waals surface area contributed by atoms with Crippen LogP contribution in [-0.4, -0.2) is 55.1 Å². The highest BCUT2D eigenvalue weighted by atomic mass is 16.6. The summed E-state index contributed by atoms with van der Waals surface area (Å²) in [6, 6.07) is 15.5. The van der Waals surface area contributed by atoms with E-state index in [-0.39, 0.29) is 12.0 Å². The maximum absolute atomic E-state index is 12.3. The number of hydrogen-bond donors (Lipinski definition) is 2. The molecule has 3 heterocycles. The topological polar surface area (TPSA) is 124 Å². The van der Waals surface area contributed by atoms with Gasteiger partial charge in [0.1, 0.15) is 11.4 Å². The minimum atomic E-state index is -0.496. The highest BCUT2D eigenvalue weighted by molar-refractivity contribution is 5.95. The molecule has 0 atom stereocenters. The smallest absolute Gasteiger partial charge is 0.410 e. The minimum Gasteiger partial charge on any atom is -0.444 e. The second-order valence-corrected chi connectivity index (χ2v) is 9.81. The number of ether oxygens (including phenoxy) is 1. The number of amides is 1. The first kappa shape index (κ1) is 22.6. The molecular weight excluding hydrogens is 442 g/mol. The van der Waals surface area contributed by atoms with Gasteiger partial charge < -0.3 is 9.64 Å². The summed E-state index contributed by atoms with van der Waals surface area (Å²) in [5, 5.41) is 25.1. The van der Waals surface area contributed by atoms with E-state index in [4.69, 9.17) is 15.0 Å². The second kappa shape index (κ2) is 8.87. The lowest BCUT2D eigenvalue weighted by Gasteiger charge is -2.32. The lowest BCUT2D eigenvalue weighted by atomic mass is 9.96. The van der Waals surface area contributed by atoms with E-state index in [1.165, 1.54) is 0 Å². The maximum Gasteiger partial charge on any atom is 0.410 e. The van der Waals surface area contributed by atoms with Crippen LogP contribution in [0.5, 0.6) is 0 Å². The first-order chi connectivity index (χ1) is 16.8. The van der Waals surface area contributed by atoms with Gasteiger partial charge >= 0.3 is 6.09 Å². The Morgan fingerprint density at radius 1 is 1.06 bits per heavy atom. The van der Waals surface area contributed by atoms with Crippen molar-refractivity contribution < 1.29 is 9.53 Å². The van der Waals surface area contributed by atoms with Crippen molar-refractivity contribution in [3.05, 3.63) is 53.9 Å². The van der Waals surface area contributed by atoms with Crippen LogP contribution in [0.4, 0.5) is 4.79 Å². The summed E-state index contributed by atoms with van der Waals surface area (Å²) in [4.78, 5) is 18.9. The van der Waals surface area contributed by atoms with E-state index in [0.29, 0.717) is 24.5 Å². The Morgan fingerprint density at radius 3 is 2.46 bits per heavy atom. The van der Waals surface area contributed by atoms with Gasteiger partial charge in [-0.1, -0.05) is 12.1 Å². The number of nitriles is 1. The minimum absolute atomic E-state index is 0.210. The van der Waals surface area contributed by atoms with Crippen LogP contribution in [0.3, 0.4) is 0 Å². The standard InChI is InChI=1S/C26H27N7O2/c1-26(2,3)35-25(34)33-12-10-18(11-13-33)23-28-24(32-31-23)19-8-9-21-20(14-19)22(30-29-21)17-6-4-16(15-27)5-7-17/h4-9,14,18H,10-13H2,1-3H3,(H,29,30)(H,28,31,32). The Kier molecular flexibility index (Phi) is 5.73. The van der Waals surface area contributed by atoms with Crippen molar-refractivity contribution in [2.45, 2.75) is 45.1 Å². The van der Waals surface area contributed by atoms with Gasteiger partial charge in [0.15, 0.2) is 5.82 Å². The lowest BCUT2D eigenvalue weighted by molar-refractivity contribution is 0.0203. The number of hydrogen-bond acceptors (Lipinski definition) is 6. The van der Waals surface area contributed by atoms with Crippen LogP contribution < -0.4 is 0 Å². The number of nitrogens with one attached hydrogen (secondary N) is 2. The van der Waals surface area contributed by atoms with Crippen molar-refractivity contribution in [3.8, 4) is 28.7 Å². The largest absolute Gasteiger partial charge is 0.444 e. The Bertz CT molecular complexity index is 1400. The Hall–Kier alpha value is -4.19. The average molecular weight is 470 g/mol. The molecular formula is C26H27N7O2. The lowest BCUT2D eigenvalue weighted by Crippen LogP contribution is -2.41. The molecule has 0 bridgehead atoms. The molecule has 1 amide bonds. The van der Waals surface area contributed by atoms with Crippen molar-refractivity contribution in [1.82, 2.24) is 30.3 Å². The molecule has 9 heteroatoms. The van der Waals surface area contributed by atoms with Gasteiger partial charge in [-0.25, -0.2) is 9.78 Å². The summed E-state index contributed by atoms with van der Waals surface area (Å²) >= 11 is 0. The third-order valence-electron chi connectivity index (χ3n) is 6.14. The molecule has 5 rings (SSSR count). The number of nitrogens with zero attached hydrogens (tertiary/aromatic N) is 5. The quantitative estimate of drug-likeness (QED) is 0.435. The van der Waals surface area contributed by atoms with Crippen LogP contribution in [0.15, 0.2) is 42.5 Å². The summed E-state index contributed by atoms with van der Waals surface area (Å²) < 4.78 is 5.49. The zero-order valence-corrected chi connectivity index (χ0v) is 20.0. The third-order valence-corrected chi connectivity index (χ3v) is 6.14. The molecule has 0 radical (unpaired) electrons. The van der Waals surface area contributed by atoms with Crippen LogP contribution in [-0.2, 0) is 4.74 Å². The predicted octanol–water partition coefficient (Wildman–Crippen LogP) is 5.00. The summed E-state index contributed by atoms with van der Waals surface area (Å²) in [6.07, 6.45) is 1.34. The SMILES string of the molecule is CC(C)(C)OC(=O)N1CCC(c2nc(-c3ccc4[nH]nc(-c5ccc(C#N)cc5)c4c3)n[nH]2)CC1. The second-order valence-electron chi connectivity index (χ2n) is 9.81. The maximum atomic E-state index is 12.3. The number of aromatic amines is 2. The molecule has 1 aliphatic heterocycles. The first-order valence-corrected chi connectivity index (χ1v) is 11.7. The molecule has 178 valence electrons. The molecule has 0 spiro atoms. The van der Waals surface area contributed by atoms with Crippen molar-refractivity contribution >= 4 is 17.0 Å². The zero-order valence-electron chi connectivity index (χ0n) is 20.0. The molecule has 4 aromatic rings. The van der Waals surface area contributed by atoms with E-state index >= 15 is 0 Å². The fourth-order valence-electron chi connectivity index (χ4n) is 4.32. The van der Waals surface area contributed by atoms with Gasteiger partial charge in [0.2, 0.25) is 0 Å². The molecule has 1 saturated heterocycles. The van der Waals surface area contributed by atoms with Crippen molar-refractivity contribution in [1.29, 1.82) is 5.26 Å². The average Bonchev–Trinajstić information content (AvgIpc) is 3.50. The van der Waals surface area contributed by atoms with Gasteiger partial charge in [-0.15, -0.1) is 0 Å². The van der Waals surface area contributed by atoms with E-state index < -0.39 is 5.60 Å². The number of carbonyl (C=O) groups is 1. The fourth-order valence-corrected chi connectivity index (χ4v) is 4.32. The Labute approximate surface area is 203 Å². The molecule has 0 unspecified atom stereocenters. The molecule has 0 aliphatic carbocycles. The molecule has 0 saturated carbocycles. The van der Waals surface area contributed by atoms with Crippen molar-refractivity contribution in [2.75, 3.05) is 13.1 Å². The van der Waals surface area contributed by atoms with Gasteiger partial charge in [0, 0.05) is 35.5 Å². The van der Waals surface area contributed by atoms with Gasteiger partial charge in [-0.3, -0.25) is 10.2 Å². The van der Waals surface area contributed by atoms with Crippen LogP contribution in [0.2, 0.25) is 0 Å². The molecule has 2 N–H and O–H groups in total. The molecule has 9 nitrogen and oxygen atoms in total. The van der Waals surface area contributed by atoms with E-state index in [9.17, 15) is 4.79 Å². The van der Waals surface area contributed by atoms with Crippen molar-refractivity contribution in [2.24, 2.45) is 0 Å². The van der Waals surface area contributed by atoms with E-state index in [1.54, 1.807) is 17.0 Å². The van der Waals surface area contributed by atoms with Crippen LogP contribution in [0.25, 0.3) is 33.5 Å². The molecule has 2 aromatic heterocycles. The van der Waals surface area contributed by atoms with E-state index in [0.717, 1.165) is 46.4 Å². The summed E-state index contributed by atoms with van der Waals surface area (Å²) in [6.45, 7) is 6.89. The number of carbonyl (C=O) groups excluding carboxylic acids is 1. The zero-order chi connectivity index (χ0) is 24.6. The van der Waals surface area contributed by atoms with Crippen LogP contribution in [0, 0.1) is 11.3 Å². The summed E-state index contributed by atoms with van der Waals surface area (Å²) in [5.41, 5.74) is 3.67. The van der Waals surface area contributed by atoms with Gasteiger partial charge in [-0.05, 0) is 63.9 Å². The molecule has 2 aromatic carbocycles. The number of benzene rings is 2.